The second-order valence-corrected chi connectivity index (χ2v) is 10.1. The minimum atomic E-state index is -0.749. The number of benzene rings is 3. The van der Waals surface area contributed by atoms with E-state index in [-0.39, 0.29) is 18.3 Å². The molecule has 0 bridgehead atoms. The normalized spacial score (nSPS) is 14.9. The summed E-state index contributed by atoms with van der Waals surface area (Å²) >= 11 is 7.75. The molecule has 1 heterocycles. The second kappa shape index (κ2) is 12.5. The Bertz CT molecular complexity index is 1440. The molecule has 1 atom stereocenters. The maximum absolute atomic E-state index is 13.4. The topological polar surface area (TPSA) is 91.2 Å². The van der Waals surface area contributed by atoms with E-state index in [1.807, 2.05) is 67.6 Å². The summed E-state index contributed by atoms with van der Waals surface area (Å²) in [6.45, 7) is 3.82. The first-order valence-corrected chi connectivity index (χ1v) is 13.3. The first kappa shape index (κ1) is 27.1. The highest BCUT2D eigenvalue weighted by Crippen LogP contribution is 2.43. The number of hydrogen-bond acceptors (Lipinski definition) is 6. The number of nitrogens with zero attached hydrogens (tertiary/aromatic N) is 1. The molecular weight excluding hydrogens is 518 g/mol. The fourth-order valence-electron chi connectivity index (χ4n) is 4.09. The number of dihydropyridines is 1. The van der Waals surface area contributed by atoms with Gasteiger partial charge in [0.1, 0.15) is 6.61 Å². The summed E-state index contributed by atoms with van der Waals surface area (Å²) in [7, 11) is 0. The van der Waals surface area contributed by atoms with Crippen molar-refractivity contribution in [3.05, 3.63) is 122 Å². The van der Waals surface area contributed by atoms with Crippen LogP contribution in [0, 0.1) is 18.3 Å². The van der Waals surface area contributed by atoms with Gasteiger partial charge in [0.25, 0.3) is 0 Å². The summed E-state index contributed by atoms with van der Waals surface area (Å²) in [5, 5.41) is 17.2. The fraction of sp³-hybridized carbons (Fsp3) is 0.167. The number of thioether (sulfide) groups is 1. The zero-order chi connectivity index (χ0) is 27.1. The van der Waals surface area contributed by atoms with Crippen molar-refractivity contribution in [1.82, 2.24) is 5.32 Å². The molecule has 4 rings (SSSR count). The molecule has 0 unspecified atom stereocenters. The Hall–Kier alpha value is -3.99. The molecule has 3 aromatic carbocycles. The van der Waals surface area contributed by atoms with Crippen LogP contribution in [0.4, 0.5) is 5.69 Å². The molecule has 3 aromatic rings. The Kier molecular flexibility index (Phi) is 8.90. The standard InChI is InChI=1S/C30H26ClN3O3S/c1-19-12-14-22(15-13-19)34-26(35)18-38-29-24(16-32)28(23-10-6-7-11-25(23)31)27(20(2)33-29)30(36)37-17-21-8-4-3-5-9-21/h3-15,28,33H,17-18H2,1-2H3,(H,34,35)/t28-/m1/s1. The van der Waals surface area contributed by atoms with Crippen molar-refractivity contribution in [2.45, 2.75) is 26.4 Å². The summed E-state index contributed by atoms with van der Waals surface area (Å²) in [4.78, 5) is 26.0. The van der Waals surface area contributed by atoms with Crippen LogP contribution >= 0.6 is 23.4 Å². The molecule has 192 valence electrons. The van der Waals surface area contributed by atoms with Crippen molar-refractivity contribution < 1.29 is 14.3 Å². The zero-order valence-corrected chi connectivity index (χ0v) is 22.5. The average Bonchev–Trinajstić information content (AvgIpc) is 2.92. The van der Waals surface area contributed by atoms with Gasteiger partial charge in [0, 0.05) is 16.4 Å². The van der Waals surface area contributed by atoms with Crippen LogP contribution in [-0.2, 0) is 20.9 Å². The number of carbonyl (C=O) groups is 2. The van der Waals surface area contributed by atoms with Crippen LogP contribution in [0.5, 0.6) is 0 Å². The third-order valence-corrected chi connectivity index (χ3v) is 7.34. The third kappa shape index (κ3) is 6.46. The van der Waals surface area contributed by atoms with Crippen molar-refractivity contribution in [2.75, 3.05) is 11.1 Å². The number of ether oxygens (including phenoxy) is 1. The van der Waals surface area contributed by atoms with Gasteiger partial charge in [-0.15, -0.1) is 0 Å². The second-order valence-electron chi connectivity index (χ2n) is 8.74. The van der Waals surface area contributed by atoms with Crippen molar-refractivity contribution in [3.63, 3.8) is 0 Å². The van der Waals surface area contributed by atoms with Gasteiger partial charge in [0.15, 0.2) is 0 Å². The Morgan fingerprint density at radius 2 is 1.71 bits per heavy atom. The van der Waals surface area contributed by atoms with Crippen molar-refractivity contribution in [1.29, 1.82) is 5.26 Å². The number of anilines is 1. The summed E-state index contributed by atoms with van der Waals surface area (Å²) in [6, 6.07) is 26.3. The van der Waals surface area contributed by atoms with E-state index in [0.717, 1.165) is 11.1 Å². The predicted octanol–water partition coefficient (Wildman–Crippen LogP) is 6.46. The average molecular weight is 544 g/mol. The minimum absolute atomic E-state index is 0.0672. The summed E-state index contributed by atoms with van der Waals surface area (Å²) in [5.41, 5.74) is 4.39. The monoisotopic (exact) mass is 543 g/mol. The van der Waals surface area contributed by atoms with Crippen LogP contribution < -0.4 is 10.6 Å². The van der Waals surface area contributed by atoms with Crippen molar-refractivity contribution in [2.24, 2.45) is 0 Å². The molecule has 1 amide bonds. The van der Waals surface area contributed by atoms with E-state index in [1.54, 1.807) is 25.1 Å². The molecule has 1 aliphatic heterocycles. The number of halogens is 1. The minimum Gasteiger partial charge on any atom is -0.457 e. The first-order valence-electron chi connectivity index (χ1n) is 11.9. The number of aryl methyl sites for hydroxylation is 1. The van der Waals surface area contributed by atoms with Gasteiger partial charge in [-0.25, -0.2) is 4.79 Å². The highest BCUT2D eigenvalue weighted by atomic mass is 35.5. The number of hydrogen-bond donors (Lipinski definition) is 2. The quantitative estimate of drug-likeness (QED) is 0.317. The van der Waals surface area contributed by atoms with Gasteiger partial charge in [0.2, 0.25) is 5.91 Å². The Labute approximate surface area is 231 Å². The van der Waals surface area contributed by atoms with E-state index < -0.39 is 11.9 Å². The molecule has 2 N–H and O–H groups in total. The number of rotatable bonds is 8. The lowest BCUT2D eigenvalue weighted by Crippen LogP contribution is -2.29. The lowest BCUT2D eigenvalue weighted by atomic mass is 9.82. The summed E-state index contributed by atoms with van der Waals surface area (Å²) in [6.07, 6.45) is 0. The van der Waals surface area contributed by atoms with Crippen molar-refractivity contribution >= 4 is 40.9 Å². The molecular formula is C30H26ClN3O3S. The maximum Gasteiger partial charge on any atom is 0.337 e. The number of nitrogens with one attached hydrogen (secondary N) is 2. The van der Waals surface area contributed by atoms with Gasteiger partial charge in [0.05, 0.1) is 33.9 Å². The first-order chi connectivity index (χ1) is 18.4. The van der Waals surface area contributed by atoms with E-state index >= 15 is 0 Å². The van der Waals surface area contributed by atoms with Crippen LogP contribution in [0.2, 0.25) is 5.02 Å². The molecule has 1 aliphatic rings. The summed E-state index contributed by atoms with van der Waals surface area (Å²) in [5.74, 6) is -1.44. The highest BCUT2D eigenvalue weighted by molar-refractivity contribution is 8.03. The molecule has 38 heavy (non-hydrogen) atoms. The highest BCUT2D eigenvalue weighted by Gasteiger charge is 2.36. The molecule has 0 saturated carbocycles. The van der Waals surface area contributed by atoms with Gasteiger partial charge >= 0.3 is 5.97 Å². The van der Waals surface area contributed by atoms with Gasteiger partial charge in [-0.05, 0) is 43.2 Å². The number of esters is 1. The molecule has 0 radical (unpaired) electrons. The van der Waals surface area contributed by atoms with Crippen LogP contribution in [0.25, 0.3) is 0 Å². The lowest BCUT2D eigenvalue weighted by molar-refractivity contribution is -0.140. The molecule has 0 aliphatic carbocycles. The van der Waals surface area contributed by atoms with E-state index in [0.29, 0.717) is 38.1 Å². The largest absolute Gasteiger partial charge is 0.457 e. The van der Waals surface area contributed by atoms with Crippen molar-refractivity contribution in [3.8, 4) is 6.07 Å². The fourth-order valence-corrected chi connectivity index (χ4v) is 5.23. The summed E-state index contributed by atoms with van der Waals surface area (Å²) < 4.78 is 5.65. The smallest absolute Gasteiger partial charge is 0.337 e. The molecule has 0 saturated heterocycles. The molecule has 6 nitrogen and oxygen atoms in total. The van der Waals surface area contributed by atoms with Crippen LogP contribution in [0.1, 0.15) is 29.5 Å². The maximum atomic E-state index is 13.4. The Morgan fingerprint density at radius 1 is 1.03 bits per heavy atom. The van der Waals surface area contributed by atoms with E-state index in [4.69, 9.17) is 16.3 Å². The van der Waals surface area contributed by atoms with Gasteiger partial charge < -0.3 is 15.4 Å². The zero-order valence-electron chi connectivity index (χ0n) is 21.0. The molecule has 0 spiro atoms. The number of carbonyl (C=O) groups excluding carboxylic acids is 2. The number of nitriles is 1. The van der Waals surface area contributed by atoms with Crippen LogP contribution in [0.3, 0.4) is 0 Å². The van der Waals surface area contributed by atoms with Crippen LogP contribution in [0.15, 0.2) is 101 Å². The molecule has 0 fully saturated rings. The molecule has 8 heteroatoms. The third-order valence-electron chi connectivity index (χ3n) is 5.98. The SMILES string of the molecule is CC1=C(C(=O)OCc2ccccc2)[C@H](c2ccccc2Cl)C(C#N)=C(SCC(=O)Nc2ccc(C)cc2)N1. The number of amides is 1. The van der Waals surface area contributed by atoms with Gasteiger partial charge in [-0.1, -0.05) is 89.6 Å². The van der Waals surface area contributed by atoms with Crippen LogP contribution in [-0.4, -0.2) is 17.6 Å². The molecule has 0 aromatic heterocycles. The van der Waals surface area contributed by atoms with E-state index in [2.05, 4.69) is 16.7 Å². The lowest BCUT2D eigenvalue weighted by Gasteiger charge is -2.29. The van der Waals surface area contributed by atoms with E-state index in [1.165, 1.54) is 11.8 Å². The van der Waals surface area contributed by atoms with E-state index in [9.17, 15) is 14.9 Å². The predicted molar refractivity (Wildman–Crippen MR) is 151 cm³/mol. The Balaban J connectivity index is 1.60. The number of allylic oxidation sites excluding steroid dienone is 2. The van der Waals surface area contributed by atoms with Gasteiger partial charge in [-0.3, -0.25) is 4.79 Å². The Morgan fingerprint density at radius 3 is 2.39 bits per heavy atom. The van der Waals surface area contributed by atoms with Gasteiger partial charge in [-0.2, -0.15) is 5.26 Å².